The fourth-order valence-corrected chi connectivity index (χ4v) is 3.16. The highest BCUT2D eigenvalue weighted by Crippen LogP contribution is 2.36. The summed E-state index contributed by atoms with van der Waals surface area (Å²) in [6.07, 6.45) is 4.20. The molecule has 1 saturated carbocycles. The van der Waals surface area contributed by atoms with E-state index in [1.165, 1.54) is 17.4 Å². The molecule has 21 heavy (non-hydrogen) atoms. The zero-order valence-corrected chi connectivity index (χ0v) is 12.6. The first-order chi connectivity index (χ1) is 9.82. The van der Waals surface area contributed by atoms with E-state index in [1.807, 2.05) is 6.92 Å². The number of hydrogen-bond donors (Lipinski definition) is 1. The summed E-state index contributed by atoms with van der Waals surface area (Å²) in [5, 5.41) is 4.05. The Morgan fingerprint density at radius 2 is 2.14 bits per heavy atom. The number of aryl methyl sites for hydroxylation is 1. The van der Waals surface area contributed by atoms with Crippen LogP contribution in [-0.4, -0.2) is 29.3 Å². The van der Waals surface area contributed by atoms with Crippen LogP contribution in [0.4, 0.5) is 11.5 Å². The Hall–Kier alpha value is -2.14. The molecular weight excluding hydrogens is 290 g/mol. The number of anilines is 1. The van der Waals surface area contributed by atoms with E-state index in [-0.39, 0.29) is 16.5 Å². The van der Waals surface area contributed by atoms with Crippen molar-refractivity contribution in [1.82, 2.24) is 14.6 Å². The molecule has 0 radical (unpaired) electrons. The molecule has 3 rings (SSSR count). The van der Waals surface area contributed by atoms with E-state index in [4.69, 9.17) is 12.3 Å². The molecule has 2 aromatic heterocycles. The standard InChI is InChI=1S/C13H15N5O2S/c1-7-9(6-8-4-5-8)12-16-13(21(3,19)20)10(15-2)11(14)18(12)17-7/h8H,4-6,14H2,1,3H3. The number of nitrogens with zero attached hydrogens (tertiary/aromatic N) is 4. The molecule has 0 amide bonds. The zero-order valence-electron chi connectivity index (χ0n) is 11.8. The van der Waals surface area contributed by atoms with Gasteiger partial charge in [0.25, 0.3) is 5.69 Å². The topological polar surface area (TPSA) is 94.7 Å². The monoisotopic (exact) mass is 305 g/mol. The highest BCUT2D eigenvalue weighted by molar-refractivity contribution is 7.90. The van der Waals surface area contributed by atoms with Crippen LogP contribution in [0.2, 0.25) is 0 Å². The summed E-state index contributed by atoms with van der Waals surface area (Å²) in [7, 11) is -3.63. The van der Waals surface area contributed by atoms with Gasteiger partial charge in [0.1, 0.15) is 5.82 Å². The van der Waals surface area contributed by atoms with Crippen molar-refractivity contribution in [3.8, 4) is 0 Å². The van der Waals surface area contributed by atoms with Gasteiger partial charge in [-0.1, -0.05) is 0 Å². The van der Waals surface area contributed by atoms with Gasteiger partial charge in [-0.2, -0.15) is 5.10 Å². The third-order valence-corrected chi connectivity index (χ3v) is 4.68. The summed E-state index contributed by atoms with van der Waals surface area (Å²) in [6.45, 7) is 9.01. The minimum atomic E-state index is -3.63. The smallest absolute Gasteiger partial charge is 0.264 e. The van der Waals surface area contributed by atoms with Gasteiger partial charge in [-0.25, -0.2) is 22.8 Å². The van der Waals surface area contributed by atoms with Crippen LogP contribution in [0.25, 0.3) is 10.5 Å². The van der Waals surface area contributed by atoms with Gasteiger partial charge in [0.2, 0.25) is 0 Å². The Labute approximate surface area is 122 Å². The first-order valence-corrected chi connectivity index (χ1v) is 8.47. The maximum atomic E-state index is 11.9. The molecule has 0 saturated heterocycles. The maximum Gasteiger partial charge on any atom is 0.264 e. The van der Waals surface area contributed by atoms with Crippen molar-refractivity contribution < 1.29 is 8.42 Å². The Morgan fingerprint density at radius 3 is 2.67 bits per heavy atom. The van der Waals surface area contributed by atoms with Crippen LogP contribution in [0.1, 0.15) is 24.1 Å². The zero-order chi connectivity index (χ0) is 15.4. The molecule has 1 fully saturated rings. The molecule has 0 aromatic carbocycles. The highest BCUT2D eigenvalue weighted by atomic mass is 32.2. The van der Waals surface area contributed by atoms with Crippen molar-refractivity contribution in [2.75, 3.05) is 12.0 Å². The van der Waals surface area contributed by atoms with Crippen molar-refractivity contribution in [2.45, 2.75) is 31.2 Å². The number of fused-ring (bicyclic) bond motifs is 1. The van der Waals surface area contributed by atoms with Crippen LogP contribution in [0.3, 0.4) is 0 Å². The summed E-state index contributed by atoms with van der Waals surface area (Å²) in [5.74, 6) is 0.641. The Morgan fingerprint density at radius 1 is 1.48 bits per heavy atom. The molecule has 0 bridgehead atoms. The first kappa shape index (κ1) is 13.8. The lowest BCUT2D eigenvalue weighted by Crippen LogP contribution is -2.08. The molecule has 8 heteroatoms. The van der Waals surface area contributed by atoms with E-state index in [9.17, 15) is 8.42 Å². The second-order valence-corrected chi connectivity index (χ2v) is 7.41. The molecule has 2 heterocycles. The van der Waals surface area contributed by atoms with Crippen molar-refractivity contribution >= 4 is 27.0 Å². The molecule has 0 aliphatic heterocycles. The molecule has 0 spiro atoms. The Balaban J connectivity index is 2.36. The Bertz CT molecular complexity index is 888. The van der Waals surface area contributed by atoms with E-state index in [0.29, 0.717) is 11.6 Å². The average Bonchev–Trinajstić information content (AvgIpc) is 3.15. The quantitative estimate of drug-likeness (QED) is 0.685. The predicted molar refractivity (Wildman–Crippen MR) is 77.9 cm³/mol. The van der Waals surface area contributed by atoms with E-state index in [0.717, 1.165) is 23.9 Å². The van der Waals surface area contributed by atoms with Gasteiger partial charge in [0, 0.05) is 11.8 Å². The fourth-order valence-electron chi connectivity index (χ4n) is 2.40. The van der Waals surface area contributed by atoms with E-state index >= 15 is 0 Å². The van der Waals surface area contributed by atoms with Crippen LogP contribution in [0, 0.1) is 19.4 Å². The molecule has 0 unspecified atom stereocenters. The predicted octanol–water partition coefficient (Wildman–Crippen LogP) is 1.53. The number of hydrogen-bond acceptors (Lipinski definition) is 5. The highest BCUT2D eigenvalue weighted by Gasteiger charge is 2.28. The molecular formula is C13H15N5O2S. The summed E-state index contributed by atoms with van der Waals surface area (Å²) in [4.78, 5) is 7.42. The van der Waals surface area contributed by atoms with Crippen LogP contribution >= 0.6 is 0 Å². The second-order valence-electron chi connectivity index (χ2n) is 5.48. The second kappa shape index (κ2) is 4.43. The van der Waals surface area contributed by atoms with E-state index in [2.05, 4.69) is 14.9 Å². The lowest BCUT2D eigenvalue weighted by Gasteiger charge is -2.07. The Kier molecular flexibility index (Phi) is 2.92. The molecule has 1 aliphatic carbocycles. The lowest BCUT2D eigenvalue weighted by atomic mass is 10.1. The van der Waals surface area contributed by atoms with Crippen molar-refractivity contribution in [2.24, 2.45) is 5.92 Å². The molecule has 2 N–H and O–H groups in total. The molecule has 1 aliphatic rings. The fraction of sp³-hybridized carbons (Fsp3) is 0.462. The third kappa shape index (κ3) is 2.23. The number of nitrogens with two attached hydrogens (primary N) is 1. The number of aromatic nitrogens is 3. The van der Waals surface area contributed by atoms with Gasteiger partial charge in [-0.15, -0.1) is 0 Å². The van der Waals surface area contributed by atoms with Crippen LogP contribution in [0.15, 0.2) is 5.03 Å². The van der Waals surface area contributed by atoms with Crippen molar-refractivity contribution in [3.05, 3.63) is 22.7 Å². The minimum Gasteiger partial charge on any atom is -0.392 e. The van der Waals surface area contributed by atoms with Crippen LogP contribution < -0.4 is 5.73 Å². The molecule has 2 aromatic rings. The van der Waals surface area contributed by atoms with Gasteiger partial charge in [-0.05, 0) is 32.1 Å². The minimum absolute atomic E-state index is 0.0283. The summed E-state index contributed by atoms with van der Waals surface area (Å²) in [5.41, 5.74) is 7.93. The van der Waals surface area contributed by atoms with Gasteiger partial charge >= 0.3 is 0 Å². The molecule has 7 nitrogen and oxygen atoms in total. The lowest BCUT2D eigenvalue weighted by molar-refractivity contribution is 0.599. The van der Waals surface area contributed by atoms with Crippen LogP contribution in [0.5, 0.6) is 0 Å². The first-order valence-electron chi connectivity index (χ1n) is 6.58. The molecule has 110 valence electrons. The number of rotatable bonds is 3. The van der Waals surface area contributed by atoms with Gasteiger partial charge in [0.05, 0.1) is 12.3 Å². The largest absolute Gasteiger partial charge is 0.392 e. The maximum absolute atomic E-state index is 11.9. The van der Waals surface area contributed by atoms with Gasteiger partial charge < -0.3 is 5.73 Å². The summed E-state index contributed by atoms with van der Waals surface area (Å²) < 4.78 is 25.1. The van der Waals surface area contributed by atoms with E-state index in [1.54, 1.807) is 0 Å². The SMILES string of the molecule is [C-]#[N+]c1c(S(C)(=O)=O)nc2c(CC3CC3)c(C)nn2c1N. The van der Waals surface area contributed by atoms with Crippen LogP contribution in [-0.2, 0) is 16.3 Å². The van der Waals surface area contributed by atoms with Crippen molar-refractivity contribution in [1.29, 1.82) is 0 Å². The normalized spacial score (nSPS) is 15.3. The molecule has 0 atom stereocenters. The van der Waals surface area contributed by atoms with Crippen molar-refractivity contribution in [3.63, 3.8) is 0 Å². The van der Waals surface area contributed by atoms with Gasteiger partial charge in [-0.3, -0.25) is 0 Å². The third-order valence-electron chi connectivity index (χ3n) is 3.69. The van der Waals surface area contributed by atoms with E-state index < -0.39 is 9.84 Å². The average molecular weight is 305 g/mol. The number of nitrogen functional groups attached to an aromatic ring is 1. The number of sulfone groups is 1. The summed E-state index contributed by atoms with van der Waals surface area (Å²) >= 11 is 0. The van der Waals surface area contributed by atoms with Gasteiger partial charge in [0.15, 0.2) is 20.5 Å². The summed E-state index contributed by atoms with van der Waals surface area (Å²) in [6, 6.07) is 0.